The number of aryl methyl sites for hydroxylation is 1. The number of amides is 1. The summed E-state index contributed by atoms with van der Waals surface area (Å²) < 4.78 is 0. The van der Waals surface area contributed by atoms with E-state index in [1.807, 2.05) is 6.92 Å². The first-order valence-corrected chi connectivity index (χ1v) is 7.17. The van der Waals surface area contributed by atoms with Gasteiger partial charge in [0, 0.05) is 18.0 Å². The van der Waals surface area contributed by atoms with E-state index in [0.717, 1.165) is 25.7 Å². The molecule has 0 heterocycles. The standard InChI is InChI=1S/C16H24N2O/c1-3-16(2,11-17)18-15(19)14-9-8-12-6-4-5-7-13(12)10-14/h4-7,14H,3,8-11,17H2,1-2H3,(H,18,19). The highest BCUT2D eigenvalue weighted by Gasteiger charge is 2.29. The minimum Gasteiger partial charge on any atom is -0.349 e. The van der Waals surface area contributed by atoms with Crippen molar-refractivity contribution in [3.05, 3.63) is 35.4 Å². The second kappa shape index (κ2) is 5.74. The molecule has 3 heteroatoms. The summed E-state index contributed by atoms with van der Waals surface area (Å²) in [5.41, 5.74) is 8.20. The van der Waals surface area contributed by atoms with Gasteiger partial charge in [0.15, 0.2) is 0 Å². The van der Waals surface area contributed by atoms with E-state index in [2.05, 4.69) is 36.5 Å². The molecule has 3 nitrogen and oxygen atoms in total. The van der Waals surface area contributed by atoms with Gasteiger partial charge in [-0.25, -0.2) is 0 Å². The molecule has 3 N–H and O–H groups in total. The number of benzene rings is 1. The van der Waals surface area contributed by atoms with Crippen LogP contribution in [0.1, 0.15) is 37.8 Å². The van der Waals surface area contributed by atoms with E-state index < -0.39 is 0 Å². The summed E-state index contributed by atoms with van der Waals surface area (Å²) in [7, 11) is 0. The van der Waals surface area contributed by atoms with Crippen molar-refractivity contribution in [2.24, 2.45) is 11.7 Å². The van der Waals surface area contributed by atoms with Gasteiger partial charge in [-0.1, -0.05) is 31.2 Å². The molecule has 1 aliphatic carbocycles. The van der Waals surface area contributed by atoms with Crippen LogP contribution in [0.3, 0.4) is 0 Å². The van der Waals surface area contributed by atoms with Crippen LogP contribution in [0.15, 0.2) is 24.3 Å². The predicted molar refractivity (Wildman–Crippen MR) is 77.9 cm³/mol. The van der Waals surface area contributed by atoms with Crippen molar-refractivity contribution in [1.82, 2.24) is 5.32 Å². The summed E-state index contributed by atoms with van der Waals surface area (Å²) >= 11 is 0. The molecule has 1 aromatic carbocycles. The number of nitrogens with one attached hydrogen (secondary N) is 1. The zero-order valence-electron chi connectivity index (χ0n) is 11.9. The molecule has 0 aliphatic heterocycles. The topological polar surface area (TPSA) is 55.1 Å². The van der Waals surface area contributed by atoms with E-state index in [-0.39, 0.29) is 17.4 Å². The van der Waals surface area contributed by atoms with Gasteiger partial charge in [-0.2, -0.15) is 0 Å². The first-order chi connectivity index (χ1) is 9.08. The minimum absolute atomic E-state index is 0.0901. The van der Waals surface area contributed by atoms with Gasteiger partial charge in [-0.15, -0.1) is 0 Å². The van der Waals surface area contributed by atoms with Gasteiger partial charge in [-0.05, 0) is 43.7 Å². The van der Waals surface area contributed by atoms with E-state index in [1.165, 1.54) is 11.1 Å². The molecule has 0 saturated carbocycles. The third kappa shape index (κ3) is 3.16. The van der Waals surface area contributed by atoms with Crippen LogP contribution in [-0.2, 0) is 17.6 Å². The normalized spacial score (nSPS) is 21.3. The molecule has 2 atom stereocenters. The van der Waals surface area contributed by atoms with Crippen molar-refractivity contribution in [1.29, 1.82) is 0 Å². The van der Waals surface area contributed by atoms with Crippen LogP contribution < -0.4 is 11.1 Å². The monoisotopic (exact) mass is 260 g/mol. The lowest BCUT2D eigenvalue weighted by molar-refractivity contribution is -0.127. The first-order valence-electron chi connectivity index (χ1n) is 7.17. The predicted octanol–water partition coefficient (Wildman–Crippen LogP) is 2.04. The third-order valence-electron chi connectivity index (χ3n) is 4.37. The fraction of sp³-hybridized carbons (Fsp3) is 0.562. The summed E-state index contributed by atoms with van der Waals surface area (Å²) in [6.45, 7) is 4.56. The van der Waals surface area contributed by atoms with Crippen molar-refractivity contribution in [3.8, 4) is 0 Å². The average Bonchev–Trinajstić information content (AvgIpc) is 2.46. The molecule has 0 saturated heterocycles. The lowest BCUT2D eigenvalue weighted by atomic mass is 9.83. The number of fused-ring (bicyclic) bond motifs is 1. The fourth-order valence-electron chi connectivity index (χ4n) is 2.60. The summed E-state index contributed by atoms with van der Waals surface area (Å²) in [6.07, 6.45) is 3.65. The molecule has 2 unspecified atom stereocenters. The summed E-state index contributed by atoms with van der Waals surface area (Å²) in [4.78, 5) is 12.4. The Morgan fingerprint density at radius 1 is 1.42 bits per heavy atom. The van der Waals surface area contributed by atoms with Crippen molar-refractivity contribution in [2.75, 3.05) is 6.54 Å². The maximum absolute atomic E-state index is 12.4. The highest BCUT2D eigenvalue weighted by molar-refractivity contribution is 5.80. The van der Waals surface area contributed by atoms with Crippen molar-refractivity contribution < 1.29 is 4.79 Å². The summed E-state index contributed by atoms with van der Waals surface area (Å²) in [5, 5.41) is 3.13. The molecule has 1 aliphatic rings. The number of carbonyl (C=O) groups is 1. The molecule has 19 heavy (non-hydrogen) atoms. The molecular formula is C16H24N2O. The van der Waals surface area contributed by atoms with Gasteiger partial charge in [0.25, 0.3) is 0 Å². The summed E-state index contributed by atoms with van der Waals surface area (Å²) in [6, 6.07) is 8.42. The van der Waals surface area contributed by atoms with Crippen LogP contribution in [0.4, 0.5) is 0 Å². The quantitative estimate of drug-likeness (QED) is 0.870. The number of nitrogens with two attached hydrogens (primary N) is 1. The molecule has 1 amide bonds. The van der Waals surface area contributed by atoms with Gasteiger partial charge in [-0.3, -0.25) is 4.79 Å². The number of hydrogen-bond donors (Lipinski definition) is 2. The Labute approximate surface area is 115 Å². The van der Waals surface area contributed by atoms with Crippen LogP contribution in [0.25, 0.3) is 0 Å². The molecule has 2 rings (SSSR count). The van der Waals surface area contributed by atoms with Crippen LogP contribution >= 0.6 is 0 Å². The van der Waals surface area contributed by atoms with Gasteiger partial charge >= 0.3 is 0 Å². The fourth-order valence-corrected chi connectivity index (χ4v) is 2.60. The number of rotatable bonds is 4. The molecular weight excluding hydrogens is 236 g/mol. The van der Waals surface area contributed by atoms with Gasteiger partial charge < -0.3 is 11.1 Å². The van der Waals surface area contributed by atoms with E-state index in [0.29, 0.717) is 6.54 Å². The van der Waals surface area contributed by atoms with Crippen molar-refractivity contribution in [3.63, 3.8) is 0 Å². The van der Waals surface area contributed by atoms with Crippen molar-refractivity contribution >= 4 is 5.91 Å². The smallest absolute Gasteiger partial charge is 0.223 e. The zero-order valence-corrected chi connectivity index (χ0v) is 11.9. The van der Waals surface area contributed by atoms with Gasteiger partial charge in [0.05, 0.1) is 0 Å². The molecule has 1 aromatic rings. The lowest BCUT2D eigenvalue weighted by Crippen LogP contribution is -2.53. The van der Waals surface area contributed by atoms with Crippen LogP contribution in [0.5, 0.6) is 0 Å². The highest BCUT2D eigenvalue weighted by atomic mass is 16.2. The Bertz CT molecular complexity index is 452. The third-order valence-corrected chi connectivity index (χ3v) is 4.37. The molecule has 0 aromatic heterocycles. The second-order valence-electron chi connectivity index (χ2n) is 5.82. The van der Waals surface area contributed by atoms with Gasteiger partial charge in [0.1, 0.15) is 0 Å². The molecule has 0 spiro atoms. The molecule has 0 bridgehead atoms. The van der Waals surface area contributed by atoms with E-state index in [9.17, 15) is 4.79 Å². The van der Waals surface area contributed by atoms with Crippen LogP contribution in [0, 0.1) is 5.92 Å². The summed E-state index contributed by atoms with van der Waals surface area (Å²) in [5.74, 6) is 0.247. The molecule has 0 radical (unpaired) electrons. The molecule has 0 fully saturated rings. The highest BCUT2D eigenvalue weighted by Crippen LogP contribution is 2.26. The number of hydrogen-bond acceptors (Lipinski definition) is 2. The maximum Gasteiger partial charge on any atom is 0.223 e. The Kier molecular flexibility index (Phi) is 4.25. The SMILES string of the molecule is CCC(C)(CN)NC(=O)C1CCc2ccccc2C1. The van der Waals surface area contributed by atoms with Crippen LogP contribution in [0.2, 0.25) is 0 Å². The van der Waals surface area contributed by atoms with Crippen molar-refractivity contribution in [2.45, 2.75) is 45.1 Å². The number of carbonyl (C=O) groups excluding carboxylic acids is 1. The zero-order chi connectivity index (χ0) is 13.9. The Morgan fingerprint density at radius 3 is 2.74 bits per heavy atom. The first kappa shape index (κ1) is 14.1. The van der Waals surface area contributed by atoms with Crippen LogP contribution in [-0.4, -0.2) is 18.0 Å². The minimum atomic E-state index is -0.270. The average molecular weight is 260 g/mol. The second-order valence-corrected chi connectivity index (χ2v) is 5.82. The van der Waals surface area contributed by atoms with Gasteiger partial charge in [0.2, 0.25) is 5.91 Å². The van der Waals surface area contributed by atoms with E-state index >= 15 is 0 Å². The maximum atomic E-state index is 12.4. The largest absolute Gasteiger partial charge is 0.349 e. The lowest BCUT2D eigenvalue weighted by Gasteiger charge is -2.32. The Balaban J connectivity index is 2.03. The van der Waals surface area contributed by atoms with E-state index in [4.69, 9.17) is 5.73 Å². The Morgan fingerprint density at radius 2 is 2.11 bits per heavy atom. The Hall–Kier alpha value is -1.35. The van der Waals surface area contributed by atoms with E-state index in [1.54, 1.807) is 0 Å². The molecule has 104 valence electrons.